The Morgan fingerprint density at radius 1 is 0.714 bits per heavy atom. The first-order chi connectivity index (χ1) is 13.0. The lowest BCUT2D eigenvalue weighted by atomic mass is 10.2. The van der Waals surface area contributed by atoms with Gasteiger partial charge in [0.05, 0.1) is 12.2 Å². The third-order valence-electron chi connectivity index (χ3n) is 3.09. The van der Waals surface area contributed by atoms with E-state index in [9.17, 15) is 19.2 Å². The van der Waals surface area contributed by atoms with Crippen LogP contribution < -0.4 is 10.6 Å². The summed E-state index contributed by atoms with van der Waals surface area (Å²) in [5.74, 6) is -0.236. The summed E-state index contributed by atoms with van der Waals surface area (Å²) in [7, 11) is 3.05. The van der Waals surface area contributed by atoms with Gasteiger partial charge in [0, 0.05) is 25.4 Å². The van der Waals surface area contributed by atoms with E-state index in [2.05, 4.69) is 10.6 Å². The predicted molar refractivity (Wildman–Crippen MR) is 112 cm³/mol. The molecule has 0 unspecified atom stereocenters. The molecular weight excluding hydrogens is 404 g/mol. The van der Waals surface area contributed by atoms with Gasteiger partial charge in [-0.3, -0.25) is 9.59 Å². The van der Waals surface area contributed by atoms with E-state index in [0.29, 0.717) is 24.3 Å². The van der Waals surface area contributed by atoms with Crippen molar-refractivity contribution >= 4 is 45.3 Å². The van der Waals surface area contributed by atoms with Crippen LogP contribution in [0.2, 0.25) is 0 Å². The topological polar surface area (TPSA) is 111 Å². The van der Waals surface area contributed by atoms with Gasteiger partial charge >= 0.3 is 11.9 Å². The molecule has 0 aromatic carbocycles. The van der Waals surface area contributed by atoms with Crippen molar-refractivity contribution in [2.24, 2.45) is 0 Å². The molecule has 2 N–H and O–H groups in total. The van der Waals surface area contributed by atoms with Crippen LogP contribution in [0.1, 0.15) is 54.4 Å². The van der Waals surface area contributed by atoms with E-state index < -0.39 is 24.0 Å². The first-order valence-corrected chi connectivity index (χ1v) is 11.7. The predicted octanol–water partition coefficient (Wildman–Crippen LogP) is 2.06. The minimum atomic E-state index is -0.679. The van der Waals surface area contributed by atoms with Gasteiger partial charge in [-0.25, -0.2) is 9.59 Å². The molecule has 0 aliphatic carbocycles. The van der Waals surface area contributed by atoms with Crippen molar-refractivity contribution < 1.29 is 28.7 Å². The van der Waals surface area contributed by atoms with E-state index in [1.165, 1.54) is 35.4 Å². The van der Waals surface area contributed by atoms with Gasteiger partial charge in [-0.05, 0) is 40.5 Å². The smallest absolute Gasteiger partial charge is 0.328 e. The van der Waals surface area contributed by atoms with Crippen LogP contribution in [0.15, 0.2) is 0 Å². The van der Waals surface area contributed by atoms with Crippen molar-refractivity contribution in [3.63, 3.8) is 0 Å². The summed E-state index contributed by atoms with van der Waals surface area (Å²) in [5, 5.41) is 5.21. The number of amides is 2. The third kappa shape index (κ3) is 13.7. The molecule has 0 saturated heterocycles. The lowest BCUT2D eigenvalue weighted by Crippen LogP contribution is -2.42. The zero-order valence-corrected chi connectivity index (χ0v) is 19.0. The molecule has 0 spiro atoms. The van der Waals surface area contributed by atoms with Gasteiger partial charge in [-0.2, -0.15) is 0 Å². The normalized spacial score (nSPS) is 13.0. The Morgan fingerprint density at radius 3 is 1.29 bits per heavy atom. The summed E-state index contributed by atoms with van der Waals surface area (Å²) < 4.78 is 10.3. The molecule has 0 aliphatic rings. The van der Waals surface area contributed by atoms with Crippen LogP contribution >= 0.6 is 21.6 Å². The van der Waals surface area contributed by atoms with E-state index in [1.54, 1.807) is 27.7 Å². The van der Waals surface area contributed by atoms with Gasteiger partial charge in [0.2, 0.25) is 11.8 Å². The molecule has 0 aromatic rings. The fourth-order valence-corrected chi connectivity index (χ4v) is 4.25. The molecule has 28 heavy (non-hydrogen) atoms. The van der Waals surface area contributed by atoms with Crippen LogP contribution in [0.25, 0.3) is 0 Å². The Balaban J connectivity index is 4.34. The standard InChI is InChI=1S/C18H32N2O6S2/c1-11(2)25-17(23)15(19-13(5)21)7-9-27-28-10-8-16(20-14(6)22)18(24)26-12(3)4/h11-12,15-16H,7-10H2,1-6H3,(H,19,21)(H,20,22)/t15-,16-/m0/s1. The maximum atomic E-state index is 12.0. The van der Waals surface area contributed by atoms with Gasteiger partial charge in [-0.15, -0.1) is 0 Å². The highest BCUT2D eigenvalue weighted by Gasteiger charge is 2.23. The summed E-state index contributed by atoms with van der Waals surface area (Å²) in [6, 6.07) is -1.36. The summed E-state index contributed by atoms with van der Waals surface area (Å²) in [6.45, 7) is 9.73. The van der Waals surface area contributed by atoms with Gasteiger partial charge < -0.3 is 20.1 Å². The summed E-state index contributed by atoms with van der Waals surface area (Å²) in [4.78, 5) is 46.6. The average molecular weight is 437 g/mol. The zero-order chi connectivity index (χ0) is 21.7. The van der Waals surface area contributed by atoms with E-state index in [4.69, 9.17) is 9.47 Å². The van der Waals surface area contributed by atoms with Crippen LogP contribution in [-0.4, -0.2) is 59.6 Å². The van der Waals surface area contributed by atoms with Crippen LogP contribution in [0, 0.1) is 0 Å². The molecule has 2 atom stereocenters. The SMILES string of the molecule is CC(=O)N[C@@H](CCSSCC[C@H](NC(C)=O)C(=O)OC(C)C)C(=O)OC(C)C. The molecule has 0 rings (SSSR count). The maximum Gasteiger partial charge on any atom is 0.328 e. The average Bonchev–Trinajstić information content (AvgIpc) is 2.53. The Bertz CT molecular complexity index is 482. The van der Waals surface area contributed by atoms with Crippen molar-refractivity contribution in [3.05, 3.63) is 0 Å². The molecule has 0 aromatic heterocycles. The van der Waals surface area contributed by atoms with Crippen LogP contribution in [-0.2, 0) is 28.7 Å². The molecule has 0 radical (unpaired) electrons. The van der Waals surface area contributed by atoms with Crippen LogP contribution in [0.3, 0.4) is 0 Å². The summed E-state index contributed by atoms with van der Waals surface area (Å²) in [6.07, 6.45) is 0.379. The van der Waals surface area contributed by atoms with Crippen molar-refractivity contribution in [1.82, 2.24) is 10.6 Å². The molecule has 162 valence electrons. The Kier molecular flexibility index (Phi) is 13.8. The quantitative estimate of drug-likeness (QED) is 0.256. The fourth-order valence-electron chi connectivity index (χ4n) is 2.07. The van der Waals surface area contributed by atoms with Crippen molar-refractivity contribution in [3.8, 4) is 0 Å². The van der Waals surface area contributed by atoms with Gasteiger partial charge in [0.15, 0.2) is 0 Å². The zero-order valence-electron chi connectivity index (χ0n) is 17.4. The second kappa shape index (κ2) is 14.6. The van der Waals surface area contributed by atoms with E-state index >= 15 is 0 Å². The molecule has 0 aliphatic heterocycles. The minimum Gasteiger partial charge on any atom is -0.461 e. The molecule has 0 saturated carbocycles. The highest BCUT2D eigenvalue weighted by atomic mass is 33.1. The van der Waals surface area contributed by atoms with Crippen LogP contribution in [0.4, 0.5) is 0 Å². The number of esters is 2. The largest absolute Gasteiger partial charge is 0.461 e. The van der Waals surface area contributed by atoms with Crippen LogP contribution in [0.5, 0.6) is 0 Å². The first-order valence-electron chi connectivity index (χ1n) is 9.22. The van der Waals surface area contributed by atoms with Crippen molar-refractivity contribution in [1.29, 1.82) is 0 Å². The second-order valence-electron chi connectivity index (χ2n) is 6.70. The Morgan fingerprint density at radius 2 is 1.04 bits per heavy atom. The van der Waals surface area contributed by atoms with E-state index in [0.717, 1.165) is 0 Å². The van der Waals surface area contributed by atoms with E-state index in [-0.39, 0.29) is 24.0 Å². The van der Waals surface area contributed by atoms with E-state index in [1.807, 2.05) is 0 Å². The highest BCUT2D eigenvalue weighted by Crippen LogP contribution is 2.24. The number of hydrogen-bond acceptors (Lipinski definition) is 8. The molecule has 8 nitrogen and oxygen atoms in total. The lowest BCUT2D eigenvalue weighted by Gasteiger charge is -2.19. The summed E-state index contributed by atoms with van der Waals surface area (Å²) in [5.41, 5.74) is 0. The molecule has 2 amide bonds. The number of rotatable bonds is 13. The molecule has 0 bridgehead atoms. The molecular formula is C18H32N2O6S2. The third-order valence-corrected chi connectivity index (χ3v) is 5.56. The maximum absolute atomic E-state index is 12.0. The van der Waals surface area contributed by atoms with Gasteiger partial charge in [-0.1, -0.05) is 21.6 Å². The minimum absolute atomic E-state index is 0.248. The second-order valence-corrected chi connectivity index (χ2v) is 9.40. The molecule has 10 heteroatoms. The number of carbonyl (C=O) groups excluding carboxylic acids is 4. The Labute approximate surface area is 175 Å². The van der Waals surface area contributed by atoms with Crippen molar-refractivity contribution in [2.45, 2.75) is 78.7 Å². The first kappa shape index (κ1) is 26.6. The Hall–Kier alpha value is -1.42. The fraction of sp³-hybridized carbons (Fsp3) is 0.778. The molecule has 0 fully saturated rings. The lowest BCUT2D eigenvalue weighted by molar-refractivity contribution is -0.151. The van der Waals surface area contributed by atoms with Crippen molar-refractivity contribution in [2.75, 3.05) is 11.5 Å². The number of ether oxygens (including phenoxy) is 2. The summed E-state index contributed by atoms with van der Waals surface area (Å²) >= 11 is 0. The number of hydrogen-bond donors (Lipinski definition) is 2. The molecule has 0 heterocycles. The van der Waals surface area contributed by atoms with Gasteiger partial charge in [0.25, 0.3) is 0 Å². The number of carbonyl (C=O) groups is 4. The number of nitrogens with one attached hydrogen (secondary N) is 2. The monoisotopic (exact) mass is 436 g/mol. The highest BCUT2D eigenvalue weighted by molar-refractivity contribution is 8.76. The van der Waals surface area contributed by atoms with Gasteiger partial charge in [0.1, 0.15) is 12.1 Å².